The highest BCUT2D eigenvalue weighted by Gasteiger charge is 2.24. The van der Waals surface area contributed by atoms with Crippen LogP contribution in [0.2, 0.25) is 0 Å². The molecule has 2 N–H and O–H groups in total. The number of amides is 1. The van der Waals surface area contributed by atoms with E-state index in [1.54, 1.807) is 11.3 Å². The molecule has 1 aromatic heterocycles. The highest BCUT2D eigenvalue weighted by Crippen LogP contribution is 2.39. The number of hydrogen-bond acceptors (Lipinski definition) is 4. The lowest BCUT2D eigenvalue weighted by molar-refractivity contribution is 0.0977. The molecule has 28 heavy (non-hydrogen) atoms. The van der Waals surface area contributed by atoms with Gasteiger partial charge < -0.3 is 5.32 Å². The zero-order valence-corrected chi connectivity index (χ0v) is 18.3. The first-order valence-electron chi connectivity index (χ1n) is 9.46. The standard InChI is InChI=1S/C22H25N3OS2/c1-13-5-10-16-17(12-23)20(28-18(16)11-13)25-21(27)24-19(26)14-6-8-15(9-7-14)22(2,3)4/h6-9,13H,5,10-11H2,1-4H3,(H2,24,25,26,27)/t13-/m1/s1. The van der Waals surface area contributed by atoms with Crippen LogP contribution < -0.4 is 10.6 Å². The summed E-state index contributed by atoms with van der Waals surface area (Å²) in [7, 11) is 0. The minimum atomic E-state index is -0.258. The second-order valence-corrected chi connectivity index (χ2v) is 9.92. The van der Waals surface area contributed by atoms with Crippen molar-refractivity contribution < 1.29 is 4.79 Å². The summed E-state index contributed by atoms with van der Waals surface area (Å²) in [4.78, 5) is 13.8. The van der Waals surface area contributed by atoms with Crippen LogP contribution in [0.15, 0.2) is 24.3 Å². The molecule has 1 aliphatic carbocycles. The van der Waals surface area contributed by atoms with E-state index in [1.807, 2.05) is 24.3 Å². The van der Waals surface area contributed by atoms with Gasteiger partial charge in [0, 0.05) is 10.4 Å². The fraction of sp³-hybridized carbons (Fsp3) is 0.409. The molecule has 6 heteroatoms. The summed E-state index contributed by atoms with van der Waals surface area (Å²) < 4.78 is 0. The van der Waals surface area contributed by atoms with Gasteiger partial charge in [0.25, 0.3) is 5.91 Å². The second kappa shape index (κ2) is 8.02. The van der Waals surface area contributed by atoms with E-state index in [1.165, 1.54) is 10.4 Å². The number of nitrogens with zero attached hydrogens (tertiary/aromatic N) is 1. The third-order valence-corrected chi connectivity index (χ3v) is 6.46. The monoisotopic (exact) mass is 411 g/mol. The van der Waals surface area contributed by atoms with Crippen LogP contribution in [0.1, 0.15) is 66.0 Å². The SMILES string of the molecule is C[C@@H]1CCc2c(sc(NC(=S)NC(=O)c3ccc(C(C)(C)C)cc3)c2C#N)C1. The van der Waals surface area contributed by atoms with Crippen LogP contribution in [0, 0.1) is 17.2 Å². The van der Waals surface area contributed by atoms with Crippen LogP contribution in [-0.2, 0) is 18.3 Å². The van der Waals surface area contributed by atoms with E-state index in [9.17, 15) is 10.1 Å². The number of nitriles is 1. The first kappa shape index (κ1) is 20.5. The van der Waals surface area contributed by atoms with Crippen molar-refractivity contribution in [3.8, 4) is 6.07 Å². The van der Waals surface area contributed by atoms with Gasteiger partial charge in [-0.25, -0.2) is 0 Å². The molecule has 146 valence electrons. The third kappa shape index (κ3) is 4.43. The Labute approximate surface area is 176 Å². The van der Waals surface area contributed by atoms with Crippen molar-refractivity contribution in [1.29, 1.82) is 5.26 Å². The van der Waals surface area contributed by atoms with Gasteiger partial charge in [-0.2, -0.15) is 5.26 Å². The summed E-state index contributed by atoms with van der Waals surface area (Å²) in [5.74, 6) is 0.375. The molecule has 1 aliphatic rings. The Balaban J connectivity index is 1.69. The molecule has 4 nitrogen and oxygen atoms in total. The Morgan fingerprint density at radius 3 is 2.57 bits per heavy atom. The van der Waals surface area contributed by atoms with E-state index < -0.39 is 0 Å². The minimum Gasteiger partial charge on any atom is -0.323 e. The lowest BCUT2D eigenvalue weighted by Gasteiger charge is -2.19. The smallest absolute Gasteiger partial charge is 0.257 e. The van der Waals surface area contributed by atoms with Gasteiger partial charge in [0.15, 0.2) is 5.11 Å². The molecular weight excluding hydrogens is 386 g/mol. The van der Waals surface area contributed by atoms with E-state index in [0.717, 1.165) is 29.8 Å². The normalized spacial score (nSPS) is 16.0. The van der Waals surface area contributed by atoms with Gasteiger partial charge in [-0.3, -0.25) is 10.1 Å². The molecule has 0 saturated carbocycles. The van der Waals surface area contributed by atoms with Gasteiger partial charge >= 0.3 is 0 Å². The molecule has 3 rings (SSSR count). The average Bonchev–Trinajstić information content (AvgIpc) is 2.96. The molecule has 0 radical (unpaired) electrons. The van der Waals surface area contributed by atoms with Crippen molar-refractivity contribution in [1.82, 2.24) is 5.32 Å². The first-order valence-corrected chi connectivity index (χ1v) is 10.7. The molecule has 0 spiro atoms. The number of rotatable bonds is 2. The van der Waals surface area contributed by atoms with Crippen LogP contribution in [0.3, 0.4) is 0 Å². The second-order valence-electron chi connectivity index (χ2n) is 8.40. The number of carbonyl (C=O) groups excluding carboxylic acids is 1. The molecule has 0 fully saturated rings. The van der Waals surface area contributed by atoms with Crippen molar-refractivity contribution >= 4 is 39.6 Å². The number of carbonyl (C=O) groups is 1. The highest BCUT2D eigenvalue weighted by molar-refractivity contribution is 7.80. The van der Waals surface area contributed by atoms with Gasteiger partial charge in [-0.15, -0.1) is 11.3 Å². The van der Waals surface area contributed by atoms with Crippen molar-refractivity contribution in [2.24, 2.45) is 5.92 Å². The number of fused-ring (bicyclic) bond motifs is 1. The number of thiophene rings is 1. The Kier molecular flexibility index (Phi) is 5.87. The van der Waals surface area contributed by atoms with Crippen LogP contribution in [0.25, 0.3) is 0 Å². The van der Waals surface area contributed by atoms with Crippen molar-refractivity contribution in [2.45, 2.75) is 52.4 Å². The van der Waals surface area contributed by atoms with E-state index in [4.69, 9.17) is 12.2 Å². The molecule has 0 saturated heterocycles. The van der Waals surface area contributed by atoms with E-state index in [0.29, 0.717) is 17.0 Å². The van der Waals surface area contributed by atoms with Crippen LogP contribution in [-0.4, -0.2) is 11.0 Å². The number of nitrogens with one attached hydrogen (secondary N) is 2. The summed E-state index contributed by atoms with van der Waals surface area (Å²) in [6.07, 6.45) is 3.02. The maximum Gasteiger partial charge on any atom is 0.257 e. The molecule has 0 unspecified atom stereocenters. The van der Waals surface area contributed by atoms with Crippen molar-refractivity contribution in [3.05, 3.63) is 51.4 Å². The van der Waals surface area contributed by atoms with Crippen LogP contribution in [0.4, 0.5) is 5.00 Å². The zero-order chi connectivity index (χ0) is 20.5. The highest BCUT2D eigenvalue weighted by atomic mass is 32.1. The predicted octanol–water partition coefficient (Wildman–Crippen LogP) is 5.17. The Morgan fingerprint density at radius 2 is 1.96 bits per heavy atom. The maximum absolute atomic E-state index is 12.5. The summed E-state index contributed by atoms with van der Waals surface area (Å²) in [5.41, 5.74) is 3.56. The largest absolute Gasteiger partial charge is 0.323 e. The predicted molar refractivity (Wildman–Crippen MR) is 119 cm³/mol. The van der Waals surface area contributed by atoms with Gasteiger partial charge in [0.2, 0.25) is 0 Å². The van der Waals surface area contributed by atoms with Gasteiger partial charge in [-0.1, -0.05) is 39.8 Å². The summed E-state index contributed by atoms with van der Waals surface area (Å²) in [6, 6.07) is 9.86. The van der Waals surface area contributed by atoms with Gasteiger partial charge in [0.05, 0.1) is 5.56 Å². The van der Waals surface area contributed by atoms with Crippen LogP contribution in [0.5, 0.6) is 0 Å². The molecule has 1 heterocycles. The fourth-order valence-corrected chi connectivity index (χ4v) is 5.01. The van der Waals surface area contributed by atoms with E-state index in [-0.39, 0.29) is 16.4 Å². The summed E-state index contributed by atoms with van der Waals surface area (Å²) in [6.45, 7) is 8.64. The Hall–Kier alpha value is -2.23. The molecule has 1 amide bonds. The zero-order valence-electron chi connectivity index (χ0n) is 16.7. The number of anilines is 1. The van der Waals surface area contributed by atoms with Gasteiger partial charge in [0.1, 0.15) is 11.1 Å². The molecule has 1 atom stereocenters. The number of benzene rings is 1. The Bertz CT molecular complexity index is 946. The minimum absolute atomic E-state index is 0.0370. The first-order chi connectivity index (χ1) is 13.2. The summed E-state index contributed by atoms with van der Waals surface area (Å²) in [5, 5.41) is 16.3. The fourth-order valence-electron chi connectivity index (χ4n) is 3.39. The Morgan fingerprint density at radius 1 is 1.29 bits per heavy atom. The maximum atomic E-state index is 12.5. The van der Waals surface area contributed by atoms with Crippen molar-refractivity contribution in [3.63, 3.8) is 0 Å². The third-order valence-electron chi connectivity index (χ3n) is 5.09. The van der Waals surface area contributed by atoms with Crippen LogP contribution >= 0.6 is 23.6 Å². The molecule has 0 bridgehead atoms. The lowest BCUT2D eigenvalue weighted by Crippen LogP contribution is -2.34. The number of hydrogen-bond donors (Lipinski definition) is 2. The molecular formula is C22H25N3OS2. The lowest BCUT2D eigenvalue weighted by atomic mass is 9.87. The molecule has 2 aromatic rings. The van der Waals surface area contributed by atoms with Crippen molar-refractivity contribution in [2.75, 3.05) is 5.32 Å². The van der Waals surface area contributed by atoms with E-state index >= 15 is 0 Å². The quantitative estimate of drug-likeness (QED) is 0.669. The molecule has 0 aliphatic heterocycles. The molecule has 1 aromatic carbocycles. The summed E-state index contributed by atoms with van der Waals surface area (Å²) >= 11 is 6.90. The topological polar surface area (TPSA) is 64.9 Å². The number of thiocarbonyl (C=S) groups is 1. The average molecular weight is 412 g/mol. The van der Waals surface area contributed by atoms with Gasteiger partial charge in [-0.05, 0) is 66.1 Å². The van der Waals surface area contributed by atoms with E-state index in [2.05, 4.69) is 44.4 Å².